The van der Waals surface area contributed by atoms with Crippen LogP contribution in [0, 0.1) is 0 Å². The Hall–Kier alpha value is -1.12. The molecular weight excluding hydrogens is 332 g/mol. The Morgan fingerprint density at radius 1 is 1.41 bits per heavy atom. The smallest absolute Gasteiger partial charge is 0.247 e. The molecule has 2 aromatic rings. The second-order valence-electron chi connectivity index (χ2n) is 2.99. The van der Waals surface area contributed by atoms with Gasteiger partial charge in [0.1, 0.15) is 11.2 Å². The van der Waals surface area contributed by atoms with E-state index in [1.807, 2.05) is 0 Å². The van der Waals surface area contributed by atoms with Crippen LogP contribution in [0.5, 0.6) is 0 Å². The molecule has 1 aromatic carbocycles. The first-order chi connectivity index (χ1) is 8.00. The largest absolute Gasteiger partial charge is 0.266 e. The van der Waals surface area contributed by atoms with Gasteiger partial charge >= 0.3 is 0 Å². The first kappa shape index (κ1) is 12.3. The van der Waals surface area contributed by atoms with E-state index in [0.717, 1.165) is 0 Å². The summed E-state index contributed by atoms with van der Waals surface area (Å²) >= 11 is 9.00. The molecule has 0 aliphatic rings. The molecule has 9 heteroatoms. The minimum Gasteiger partial charge on any atom is -0.247 e. The predicted octanol–water partition coefficient (Wildman–Crippen LogP) is 2.02. The van der Waals surface area contributed by atoms with Crippen molar-refractivity contribution in [2.24, 2.45) is 0 Å². The highest BCUT2D eigenvalue weighted by Gasteiger charge is 2.22. The molecule has 0 radical (unpaired) electrons. The van der Waals surface area contributed by atoms with E-state index < -0.39 is 10.0 Å². The zero-order valence-electron chi connectivity index (χ0n) is 8.18. The van der Waals surface area contributed by atoms with Crippen LogP contribution in [0.1, 0.15) is 0 Å². The molecule has 0 aliphatic heterocycles. The van der Waals surface area contributed by atoms with Crippen LogP contribution >= 0.6 is 27.5 Å². The number of H-pyrrole nitrogens is 1. The van der Waals surface area contributed by atoms with Crippen molar-refractivity contribution in [3.8, 4) is 0 Å². The molecule has 0 aliphatic carbocycles. The van der Waals surface area contributed by atoms with Crippen molar-refractivity contribution >= 4 is 43.5 Å². The summed E-state index contributed by atoms with van der Waals surface area (Å²) in [5.41, 5.74) is 0. The van der Waals surface area contributed by atoms with Gasteiger partial charge in [0, 0.05) is 4.47 Å². The SMILES string of the molecule is O=S(=O)(Nc1ncn[nH]1)c1c(Cl)cccc1Br. The monoisotopic (exact) mass is 336 g/mol. The highest BCUT2D eigenvalue weighted by atomic mass is 79.9. The molecule has 0 saturated carbocycles. The van der Waals surface area contributed by atoms with Gasteiger partial charge in [-0.25, -0.2) is 18.2 Å². The first-order valence-corrected chi connectivity index (χ1v) is 6.98. The van der Waals surface area contributed by atoms with Gasteiger partial charge in [-0.05, 0) is 28.1 Å². The molecule has 0 spiro atoms. The summed E-state index contributed by atoms with van der Waals surface area (Å²) < 4.78 is 26.7. The van der Waals surface area contributed by atoms with Crippen molar-refractivity contribution in [3.05, 3.63) is 34.0 Å². The van der Waals surface area contributed by atoms with Gasteiger partial charge in [0.2, 0.25) is 5.95 Å². The van der Waals surface area contributed by atoms with Crippen LogP contribution in [0.25, 0.3) is 0 Å². The Morgan fingerprint density at radius 2 is 2.18 bits per heavy atom. The summed E-state index contributed by atoms with van der Waals surface area (Å²) in [4.78, 5) is 3.63. The standard InChI is InChI=1S/C8H6BrClN4O2S/c9-5-2-1-3-6(10)7(5)17(15,16)14-8-11-4-12-13-8/h1-4H,(H2,11,12,13,14). The van der Waals surface area contributed by atoms with Gasteiger partial charge in [0.15, 0.2) is 0 Å². The van der Waals surface area contributed by atoms with E-state index >= 15 is 0 Å². The second kappa shape index (κ2) is 4.63. The van der Waals surface area contributed by atoms with Crippen LogP contribution < -0.4 is 4.72 Å². The molecule has 0 saturated heterocycles. The van der Waals surface area contributed by atoms with Crippen LogP contribution in [0.3, 0.4) is 0 Å². The maximum atomic E-state index is 12.0. The summed E-state index contributed by atoms with van der Waals surface area (Å²) in [6.45, 7) is 0. The molecule has 1 aromatic heterocycles. The fourth-order valence-corrected chi connectivity index (χ4v) is 3.88. The fourth-order valence-electron chi connectivity index (χ4n) is 1.17. The second-order valence-corrected chi connectivity index (χ2v) is 5.87. The topological polar surface area (TPSA) is 87.7 Å². The van der Waals surface area contributed by atoms with E-state index in [1.165, 1.54) is 12.4 Å². The molecule has 0 bridgehead atoms. The summed E-state index contributed by atoms with van der Waals surface area (Å²) in [7, 11) is -3.81. The number of hydrogen-bond donors (Lipinski definition) is 2. The van der Waals surface area contributed by atoms with Crippen molar-refractivity contribution in [1.82, 2.24) is 15.2 Å². The zero-order chi connectivity index (χ0) is 12.5. The van der Waals surface area contributed by atoms with Gasteiger partial charge in [-0.3, -0.25) is 0 Å². The van der Waals surface area contributed by atoms with E-state index in [9.17, 15) is 8.42 Å². The molecule has 0 atom stereocenters. The Kier molecular flexibility index (Phi) is 3.36. The molecule has 1 heterocycles. The van der Waals surface area contributed by atoms with Gasteiger partial charge in [0.25, 0.3) is 10.0 Å². The van der Waals surface area contributed by atoms with Gasteiger partial charge in [-0.2, -0.15) is 10.1 Å². The van der Waals surface area contributed by atoms with Crippen LogP contribution in [0.2, 0.25) is 5.02 Å². The number of halogens is 2. The number of sulfonamides is 1. The molecule has 6 nitrogen and oxygen atoms in total. The molecule has 0 fully saturated rings. The number of nitrogens with zero attached hydrogens (tertiary/aromatic N) is 2. The Morgan fingerprint density at radius 3 is 2.76 bits per heavy atom. The van der Waals surface area contributed by atoms with Crippen molar-refractivity contribution in [2.75, 3.05) is 4.72 Å². The van der Waals surface area contributed by atoms with Crippen LogP contribution in [0.4, 0.5) is 5.95 Å². The van der Waals surface area contributed by atoms with Gasteiger partial charge < -0.3 is 0 Å². The minimum atomic E-state index is -3.81. The minimum absolute atomic E-state index is 0.0248. The highest BCUT2D eigenvalue weighted by molar-refractivity contribution is 9.10. The normalized spacial score (nSPS) is 11.4. The predicted molar refractivity (Wildman–Crippen MR) is 66.3 cm³/mol. The van der Waals surface area contributed by atoms with E-state index in [-0.39, 0.29) is 15.9 Å². The Balaban J connectivity index is 2.45. The van der Waals surface area contributed by atoms with E-state index in [0.29, 0.717) is 4.47 Å². The fraction of sp³-hybridized carbons (Fsp3) is 0. The summed E-state index contributed by atoms with van der Waals surface area (Å²) in [5.74, 6) is 0.0248. The maximum absolute atomic E-state index is 12.0. The quantitative estimate of drug-likeness (QED) is 0.897. The maximum Gasteiger partial charge on any atom is 0.266 e. The van der Waals surface area contributed by atoms with Crippen molar-refractivity contribution in [2.45, 2.75) is 4.90 Å². The Labute approximate surface area is 111 Å². The number of rotatable bonds is 3. The van der Waals surface area contributed by atoms with E-state index in [1.54, 1.807) is 12.1 Å². The molecule has 90 valence electrons. The van der Waals surface area contributed by atoms with Gasteiger partial charge in [-0.15, -0.1) is 0 Å². The zero-order valence-corrected chi connectivity index (χ0v) is 11.3. The number of anilines is 1. The molecule has 2 rings (SSSR count). The van der Waals surface area contributed by atoms with E-state index in [4.69, 9.17) is 11.6 Å². The number of aromatic nitrogens is 3. The van der Waals surface area contributed by atoms with E-state index in [2.05, 4.69) is 35.8 Å². The van der Waals surface area contributed by atoms with Crippen molar-refractivity contribution in [1.29, 1.82) is 0 Å². The Bertz CT molecular complexity index is 609. The average molecular weight is 338 g/mol. The van der Waals surface area contributed by atoms with Crippen molar-refractivity contribution in [3.63, 3.8) is 0 Å². The number of aromatic amines is 1. The van der Waals surface area contributed by atoms with Crippen LogP contribution in [0.15, 0.2) is 33.9 Å². The summed E-state index contributed by atoms with van der Waals surface area (Å²) in [5, 5.41) is 6.05. The first-order valence-electron chi connectivity index (χ1n) is 4.33. The summed E-state index contributed by atoms with van der Waals surface area (Å²) in [6.07, 6.45) is 1.19. The van der Waals surface area contributed by atoms with Gasteiger partial charge in [0.05, 0.1) is 5.02 Å². The third-order valence-corrected chi connectivity index (χ3v) is 4.62. The molecule has 0 amide bonds. The highest BCUT2D eigenvalue weighted by Crippen LogP contribution is 2.30. The van der Waals surface area contributed by atoms with Crippen LogP contribution in [-0.2, 0) is 10.0 Å². The lowest BCUT2D eigenvalue weighted by atomic mass is 10.4. The number of benzene rings is 1. The lowest BCUT2D eigenvalue weighted by Crippen LogP contribution is -2.15. The van der Waals surface area contributed by atoms with Crippen LogP contribution in [-0.4, -0.2) is 23.6 Å². The summed E-state index contributed by atoms with van der Waals surface area (Å²) in [6, 6.07) is 4.71. The van der Waals surface area contributed by atoms with Gasteiger partial charge in [-0.1, -0.05) is 17.7 Å². The number of nitrogens with one attached hydrogen (secondary N) is 2. The lowest BCUT2D eigenvalue weighted by molar-refractivity contribution is 0.600. The molecule has 2 N–H and O–H groups in total. The van der Waals surface area contributed by atoms with Crippen molar-refractivity contribution < 1.29 is 8.42 Å². The molecule has 17 heavy (non-hydrogen) atoms. The molecule has 0 unspecified atom stereocenters. The lowest BCUT2D eigenvalue weighted by Gasteiger charge is -2.08. The number of hydrogen-bond acceptors (Lipinski definition) is 4. The third-order valence-electron chi connectivity index (χ3n) is 1.83. The third kappa shape index (κ3) is 2.59. The average Bonchev–Trinajstić information content (AvgIpc) is 2.68. The molecular formula is C8H6BrClN4O2S.